The second-order valence-corrected chi connectivity index (χ2v) is 29.9. The number of aliphatic hydroxyl groups is 4. The van der Waals surface area contributed by atoms with Crippen LogP contribution >= 0.6 is 11.6 Å². The highest BCUT2D eigenvalue weighted by molar-refractivity contribution is 6.34. The lowest BCUT2D eigenvalue weighted by Gasteiger charge is -2.36. The monoisotopic (exact) mass is 1720 g/mol. The fourth-order valence-electron chi connectivity index (χ4n) is 13.4. The molecule has 8 N–H and O–H groups in total. The number of piperidine rings is 4. The van der Waals surface area contributed by atoms with Crippen LogP contribution in [0.5, 0.6) is 5.75 Å². The minimum Gasteiger partial charge on any atom is -0.496 e. The van der Waals surface area contributed by atoms with Gasteiger partial charge in [0.15, 0.2) is 0 Å². The Labute approximate surface area is 693 Å². The number of nitrogens with one attached hydrogen (secondary N) is 4. The van der Waals surface area contributed by atoms with Gasteiger partial charge < -0.3 is 66.0 Å². The van der Waals surface area contributed by atoms with Crippen molar-refractivity contribution in [3.05, 3.63) is 289 Å². The minimum absolute atomic E-state index is 0.0117. The number of allylic oxidation sites excluding steroid dienone is 3. The Bertz CT molecular complexity index is 5100. The SMILES string of the molecule is C=C(N1CCC(O)CC1)C(F)(F)c1cc(F)cc(C(=O)Nc2ccc(F)c(C)c2)c1.C=C(N1CCC(O)CC1)C(F)(F)c1ccc(Cl)c(C(=O)Nc2ccc(F)c(C)c2)c1.C=C(N1CCC(O)CC1)C(F)(F)c1cccc(C(=O)Nc2ccc(F)c(C)c2)c1F.COc1ccc(C(=O)Nc2ccc(F)c(C)c2)cc1C(F)(F)C(=O)N1CCC(O)CC1. The molecule has 0 spiro atoms. The summed E-state index contributed by atoms with van der Waals surface area (Å²) in [5.41, 5.74) is -3.06. The molecule has 0 unspecified atom stereocenters. The third kappa shape index (κ3) is 23.2. The van der Waals surface area contributed by atoms with Crippen LogP contribution in [-0.4, -0.2) is 153 Å². The van der Waals surface area contributed by atoms with Crippen molar-refractivity contribution in [1.82, 2.24) is 19.6 Å². The van der Waals surface area contributed by atoms with E-state index in [2.05, 4.69) is 41.0 Å². The van der Waals surface area contributed by atoms with E-state index in [0.29, 0.717) is 72.7 Å². The zero-order valence-electron chi connectivity index (χ0n) is 66.3. The fourth-order valence-corrected chi connectivity index (χ4v) is 13.6. The number of carbonyl (C=O) groups excluding carboxylic acids is 5. The van der Waals surface area contributed by atoms with Crippen LogP contribution in [0.3, 0.4) is 0 Å². The molecule has 4 heterocycles. The predicted octanol–water partition coefficient (Wildman–Crippen LogP) is 17.7. The van der Waals surface area contributed by atoms with Crippen molar-refractivity contribution >= 4 is 63.9 Å². The van der Waals surface area contributed by atoms with Crippen molar-refractivity contribution < 1.29 is 111 Å². The lowest BCUT2D eigenvalue weighted by Crippen LogP contribution is -2.47. The molecule has 0 atom stereocenters. The molecule has 4 fully saturated rings. The average Bonchev–Trinajstić information content (AvgIpc) is 0.788. The average molecular weight is 1720 g/mol. The summed E-state index contributed by atoms with van der Waals surface area (Å²) in [7, 11) is 1.19. The van der Waals surface area contributed by atoms with Crippen LogP contribution in [0.1, 0.15) is 137 Å². The third-order valence-corrected chi connectivity index (χ3v) is 21.1. The van der Waals surface area contributed by atoms with Gasteiger partial charge in [0.25, 0.3) is 29.5 Å². The summed E-state index contributed by atoms with van der Waals surface area (Å²) in [6, 6.07) is 28.1. The number of methoxy groups -OCH3 is 1. The molecule has 4 aliphatic heterocycles. The van der Waals surface area contributed by atoms with E-state index in [1.165, 1.54) is 128 Å². The van der Waals surface area contributed by atoms with E-state index in [4.69, 9.17) is 16.3 Å². The Morgan fingerprint density at radius 1 is 0.388 bits per heavy atom. The van der Waals surface area contributed by atoms with Crippen molar-refractivity contribution in [1.29, 1.82) is 0 Å². The molecule has 8 aromatic carbocycles. The number of aryl methyl sites for hydroxylation is 4. The van der Waals surface area contributed by atoms with E-state index < -0.39 is 157 Å². The van der Waals surface area contributed by atoms with Gasteiger partial charge in [-0.1, -0.05) is 43.5 Å². The second kappa shape index (κ2) is 39.9. The molecule has 0 aliphatic carbocycles. The van der Waals surface area contributed by atoms with Gasteiger partial charge in [-0.3, -0.25) is 24.0 Å². The molecule has 33 heteroatoms. The van der Waals surface area contributed by atoms with Gasteiger partial charge >= 0.3 is 23.7 Å². The number of amides is 5. The first-order valence-corrected chi connectivity index (χ1v) is 38.5. The van der Waals surface area contributed by atoms with Gasteiger partial charge in [-0.05, 0) is 235 Å². The normalized spacial score (nSPS) is 15.1. The van der Waals surface area contributed by atoms with E-state index in [1.54, 1.807) is 6.92 Å². The number of nitrogens with zero attached hydrogens (tertiary/aromatic N) is 4. The van der Waals surface area contributed by atoms with E-state index in [1.807, 2.05) is 0 Å². The quantitative estimate of drug-likeness (QED) is 0.0332. The molecule has 121 heavy (non-hydrogen) atoms. The summed E-state index contributed by atoms with van der Waals surface area (Å²) >= 11 is 6.08. The fraction of sp³-hybridized carbons (Fsp3) is 0.330. The van der Waals surface area contributed by atoms with Crippen LogP contribution in [0.15, 0.2) is 182 Å². The highest BCUT2D eigenvalue weighted by Crippen LogP contribution is 2.44. The van der Waals surface area contributed by atoms with E-state index in [9.17, 15) is 70.7 Å². The van der Waals surface area contributed by atoms with Crippen LogP contribution in [0.2, 0.25) is 5.02 Å². The number of likely N-dealkylation sites (tertiary alicyclic amines) is 4. The third-order valence-electron chi connectivity index (χ3n) is 20.8. The van der Waals surface area contributed by atoms with Gasteiger partial charge in [0.05, 0.1) is 75.9 Å². The molecule has 0 bridgehead atoms. The lowest BCUT2D eigenvalue weighted by molar-refractivity contribution is -0.161. The van der Waals surface area contributed by atoms with Crippen molar-refractivity contribution in [2.24, 2.45) is 0 Å². The smallest absolute Gasteiger partial charge is 0.353 e. The summed E-state index contributed by atoms with van der Waals surface area (Å²) in [4.78, 5) is 67.8. The molecular weight excluding hydrogens is 1630 g/mol. The maximum atomic E-state index is 15.1. The van der Waals surface area contributed by atoms with Gasteiger partial charge in [-0.2, -0.15) is 35.1 Å². The number of benzene rings is 8. The summed E-state index contributed by atoms with van der Waals surface area (Å²) in [6.07, 6.45) is 0.319. The molecule has 0 aromatic heterocycles. The maximum absolute atomic E-state index is 15.1. The Morgan fingerprint density at radius 3 is 1.15 bits per heavy atom. The first-order chi connectivity index (χ1) is 56.9. The zero-order valence-corrected chi connectivity index (χ0v) is 67.1. The Morgan fingerprint density at radius 2 is 0.752 bits per heavy atom. The van der Waals surface area contributed by atoms with Gasteiger partial charge in [0.2, 0.25) is 0 Å². The highest BCUT2D eigenvalue weighted by atomic mass is 35.5. The van der Waals surface area contributed by atoms with E-state index >= 15 is 35.1 Å². The van der Waals surface area contributed by atoms with Crippen molar-refractivity contribution in [3.63, 3.8) is 0 Å². The molecule has 18 nitrogen and oxygen atoms in total. The van der Waals surface area contributed by atoms with Crippen molar-refractivity contribution in [2.45, 2.75) is 127 Å². The molecular formula is C88H89ClF14N8O10. The standard InChI is InChI=1S/C22H22ClF3N2O2.2C22H22F4N2O2.C22H23F3N2O4/c1-13-11-16(4-6-20(13)24)27-21(30)18-12-15(3-5-19(18)23)22(25,26)14(2)28-9-7-17(29)8-10-28;1-13-9-18(3-4-20(13)24)27-21(30)15-10-16(12-17(23)11-15)22(25,26)14(2)28-7-5-19(29)6-8-28;1-13-12-15(6-7-19(13)23)27-21(30)17-4-3-5-18(20(17)24)22(25,26)14(2)28-10-8-16(29)9-11-28;1-13-11-15(4-5-18(13)23)26-20(29)14-3-6-19(31-2)17(12-14)22(24,25)21(30)27-9-7-16(28)8-10-27/h3-6,11-12,17,29H,2,7-10H2,1H3,(H,27,30);3-4,9-12,19,29H,2,5-8H2,1H3,(H,27,30);3-7,12,16,29H,2,8-11H2,1H3,(H,27,30);3-6,11-12,16,28H,7-10H2,1-2H3,(H,26,29). The highest BCUT2D eigenvalue weighted by Gasteiger charge is 2.48. The molecule has 5 amide bonds. The predicted molar refractivity (Wildman–Crippen MR) is 429 cm³/mol. The van der Waals surface area contributed by atoms with Gasteiger partial charge in [0, 0.05) is 97.4 Å². The number of halogens is 15. The zero-order chi connectivity index (χ0) is 88.9. The van der Waals surface area contributed by atoms with Gasteiger partial charge in [0.1, 0.15) is 40.7 Å². The molecule has 646 valence electrons. The van der Waals surface area contributed by atoms with Crippen LogP contribution in [0.25, 0.3) is 0 Å². The van der Waals surface area contributed by atoms with Crippen LogP contribution < -0.4 is 26.0 Å². The van der Waals surface area contributed by atoms with Crippen molar-refractivity contribution in [3.8, 4) is 5.75 Å². The molecule has 0 saturated carbocycles. The number of hydrogen-bond acceptors (Lipinski definition) is 13. The van der Waals surface area contributed by atoms with E-state index in [-0.39, 0.29) is 110 Å². The number of rotatable bonds is 20. The molecule has 12 rings (SSSR count). The van der Waals surface area contributed by atoms with Gasteiger partial charge in [-0.25, -0.2) is 26.3 Å². The van der Waals surface area contributed by atoms with Crippen LogP contribution in [0, 0.1) is 62.6 Å². The summed E-state index contributed by atoms with van der Waals surface area (Å²) < 4.78 is 208. The minimum atomic E-state index is -3.93. The number of hydrogen-bond donors (Lipinski definition) is 8. The van der Waals surface area contributed by atoms with Crippen LogP contribution in [0.4, 0.5) is 84.2 Å². The number of anilines is 4. The molecule has 4 aliphatic rings. The number of aliphatic hydroxyl groups excluding tert-OH is 4. The maximum Gasteiger partial charge on any atom is 0.353 e. The number of ether oxygens (including phenoxy) is 1. The summed E-state index contributed by atoms with van der Waals surface area (Å²) in [5, 5.41) is 48.2. The Hall–Kier alpha value is -11.3. The Balaban J connectivity index is 0.000000183. The first-order valence-electron chi connectivity index (χ1n) is 38.2. The second-order valence-electron chi connectivity index (χ2n) is 29.5. The van der Waals surface area contributed by atoms with E-state index in [0.717, 1.165) is 59.5 Å². The summed E-state index contributed by atoms with van der Waals surface area (Å²) in [6.45, 7) is 17.9. The van der Waals surface area contributed by atoms with Crippen LogP contribution in [-0.2, 0) is 28.5 Å². The topological polar surface area (TPSA) is 237 Å². The van der Waals surface area contributed by atoms with Crippen molar-refractivity contribution in [2.75, 3.05) is 80.7 Å². The largest absolute Gasteiger partial charge is 0.496 e. The first kappa shape index (κ1) is 93.5. The molecule has 0 radical (unpaired) electrons. The molecule has 8 aromatic rings. The Kier molecular flexibility index (Phi) is 30.9. The van der Waals surface area contributed by atoms with Gasteiger partial charge in [-0.15, -0.1) is 0 Å². The lowest BCUT2D eigenvalue weighted by atomic mass is 9.99. The number of alkyl halides is 8. The molecule has 4 saturated heterocycles. The number of carbonyl (C=O) groups is 5. The summed E-state index contributed by atoms with van der Waals surface area (Å²) in [5.74, 6) is -23.6.